The number of nitrogens with one attached hydrogen (secondary N) is 3. The molecule has 0 amide bonds. The molecule has 0 radical (unpaired) electrons. The van der Waals surface area contributed by atoms with Crippen molar-refractivity contribution in [2.24, 2.45) is 5.14 Å². The minimum atomic E-state index is -3.73. The molecule has 1 aliphatic heterocycles. The molecule has 2 atom stereocenters. The van der Waals surface area contributed by atoms with Crippen molar-refractivity contribution >= 4 is 15.7 Å². The lowest BCUT2D eigenvalue weighted by Gasteiger charge is -2.14. The smallest absolute Gasteiger partial charge is 0.238 e. The molecule has 2 aromatic rings. The van der Waals surface area contributed by atoms with Gasteiger partial charge in [0.2, 0.25) is 10.0 Å². The highest BCUT2D eigenvalue weighted by Crippen LogP contribution is 2.24. The van der Waals surface area contributed by atoms with E-state index in [0.717, 1.165) is 5.56 Å². The number of primary sulfonamides is 1. The van der Waals surface area contributed by atoms with Crippen LogP contribution in [0.2, 0.25) is 0 Å². The molecule has 0 saturated carbocycles. The summed E-state index contributed by atoms with van der Waals surface area (Å²) in [5.41, 5.74) is 7.84. The summed E-state index contributed by atoms with van der Waals surface area (Å²) >= 11 is 0. The van der Waals surface area contributed by atoms with Gasteiger partial charge in [0.05, 0.1) is 11.1 Å². The Morgan fingerprint density at radius 1 is 1.12 bits per heavy atom. The van der Waals surface area contributed by atoms with E-state index in [-0.39, 0.29) is 35.3 Å². The summed E-state index contributed by atoms with van der Waals surface area (Å²) in [6, 6.07) is 12.7. The zero-order valence-corrected chi connectivity index (χ0v) is 14.1. The molecule has 1 aliphatic rings. The van der Waals surface area contributed by atoms with Crippen LogP contribution in [0, 0.1) is 5.82 Å². The molecule has 0 spiro atoms. The first kappa shape index (κ1) is 18.6. The third-order valence-corrected chi connectivity index (χ3v) is 4.59. The summed E-state index contributed by atoms with van der Waals surface area (Å²) in [6.07, 6.45) is 0.617. The molecule has 9 heteroatoms. The predicted molar refractivity (Wildman–Crippen MR) is 85.3 cm³/mol. The average Bonchev–Trinajstić information content (AvgIpc) is 2.96. The first-order valence-electron chi connectivity index (χ1n) is 7.08. The van der Waals surface area contributed by atoms with Gasteiger partial charge >= 0.3 is 0 Å². The Morgan fingerprint density at radius 3 is 2.50 bits per heavy atom. The number of halogens is 2. The molecule has 1 fully saturated rings. The zero-order valence-electron chi connectivity index (χ0n) is 12.5. The number of anilines is 1. The van der Waals surface area contributed by atoms with E-state index in [4.69, 9.17) is 5.14 Å². The normalized spacial score (nSPS) is 20.4. The fourth-order valence-electron chi connectivity index (χ4n) is 2.53. The molecule has 3 rings (SSSR count). The fourth-order valence-corrected chi connectivity index (χ4v) is 3.09. The van der Waals surface area contributed by atoms with Gasteiger partial charge in [0.25, 0.3) is 0 Å². The van der Waals surface area contributed by atoms with Gasteiger partial charge in [0, 0.05) is 18.2 Å². The van der Waals surface area contributed by atoms with E-state index < -0.39 is 10.0 Å². The number of benzene rings is 2. The van der Waals surface area contributed by atoms with E-state index in [1.165, 1.54) is 24.3 Å². The lowest BCUT2D eigenvalue weighted by molar-refractivity contribution is -0.00000794. The second-order valence-corrected chi connectivity index (χ2v) is 6.96. The maximum absolute atomic E-state index is 13.0. The lowest BCUT2D eigenvalue weighted by atomic mass is 10.0. The van der Waals surface area contributed by atoms with Gasteiger partial charge in [-0.25, -0.2) is 28.8 Å². The maximum atomic E-state index is 13.0. The molecular weight excluding hydrogens is 355 g/mol. The van der Waals surface area contributed by atoms with Crippen molar-refractivity contribution in [1.82, 2.24) is 10.9 Å². The lowest BCUT2D eigenvalue weighted by Crippen LogP contribution is -3.00. The molecule has 6 nitrogen and oxygen atoms in total. The van der Waals surface area contributed by atoms with Crippen molar-refractivity contribution in [2.45, 2.75) is 23.5 Å². The monoisotopic (exact) mass is 371 g/mol. The summed E-state index contributed by atoms with van der Waals surface area (Å²) < 4.78 is 35.7. The van der Waals surface area contributed by atoms with E-state index in [9.17, 15) is 12.8 Å². The topological polar surface area (TPSA) is 96.2 Å². The zero-order chi connectivity index (χ0) is 16.4. The SMILES string of the molecule is NS(=O)(=O)c1cccc(NC2CC(c3ccc(F)cc3)NN2)c1.[Cl-]. The number of rotatable bonds is 4. The molecule has 5 N–H and O–H groups in total. The van der Waals surface area contributed by atoms with Gasteiger partial charge < -0.3 is 17.7 Å². The van der Waals surface area contributed by atoms with Crippen LogP contribution in [0.3, 0.4) is 0 Å². The summed E-state index contributed by atoms with van der Waals surface area (Å²) in [4.78, 5) is 0.0588. The van der Waals surface area contributed by atoms with Crippen molar-refractivity contribution in [3.05, 3.63) is 59.9 Å². The number of sulfonamides is 1. The Morgan fingerprint density at radius 2 is 1.83 bits per heavy atom. The molecule has 24 heavy (non-hydrogen) atoms. The highest BCUT2D eigenvalue weighted by atomic mass is 35.5. The fraction of sp³-hybridized carbons (Fsp3) is 0.200. The number of hydrogen-bond acceptors (Lipinski definition) is 5. The van der Waals surface area contributed by atoms with Crippen LogP contribution in [0.1, 0.15) is 18.0 Å². The van der Waals surface area contributed by atoms with Crippen molar-refractivity contribution in [2.75, 3.05) is 5.32 Å². The van der Waals surface area contributed by atoms with Crippen molar-refractivity contribution in [1.29, 1.82) is 0 Å². The molecule has 2 aromatic carbocycles. The Balaban J connectivity index is 0.00000208. The minimum absolute atomic E-state index is 0. The molecule has 0 bridgehead atoms. The van der Waals surface area contributed by atoms with E-state index in [1.54, 1.807) is 24.3 Å². The van der Waals surface area contributed by atoms with Gasteiger partial charge in [-0.05, 0) is 35.9 Å². The summed E-state index contributed by atoms with van der Waals surface area (Å²) in [5, 5.41) is 8.33. The van der Waals surface area contributed by atoms with E-state index >= 15 is 0 Å². The number of hydrazine groups is 1. The van der Waals surface area contributed by atoms with Crippen LogP contribution in [0.25, 0.3) is 0 Å². The Kier molecular flexibility index (Phi) is 5.79. The molecule has 1 saturated heterocycles. The highest BCUT2D eigenvalue weighted by molar-refractivity contribution is 7.89. The standard InChI is InChI=1S/C15H17FN4O2S.ClH/c16-11-6-4-10(5-7-11)14-9-15(20-19-14)18-12-2-1-3-13(8-12)23(17,21)22;/h1-8,14-15,18-20H,9H2,(H2,17,21,22);1H/p-1. The van der Waals surface area contributed by atoms with Crippen LogP contribution in [-0.4, -0.2) is 14.6 Å². The molecule has 1 heterocycles. The van der Waals surface area contributed by atoms with Crippen LogP contribution in [0.15, 0.2) is 53.4 Å². The van der Waals surface area contributed by atoms with Gasteiger partial charge in [-0.2, -0.15) is 0 Å². The minimum Gasteiger partial charge on any atom is -1.00 e. The third kappa shape index (κ3) is 4.43. The third-order valence-electron chi connectivity index (χ3n) is 3.68. The number of nitrogens with two attached hydrogens (primary N) is 1. The molecule has 0 aliphatic carbocycles. The molecular formula is C15H17ClFN4O2S-. The van der Waals surface area contributed by atoms with Gasteiger partial charge in [0.1, 0.15) is 5.82 Å². The summed E-state index contributed by atoms with van der Waals surface area (Å²) in [5.74, 6) is -0.269. The van der Waals surface area contributed by atoms with Gasteiger partial charge in [-0.15, -0.1) is 0 Å². The predicted octanol–water partition coefficient (Wildman–Crippen LogP) is -1.55. The number of hydrogen-bond donors (Lipinski definition) is 4. The quantitative estimate of drug-likeness (QED) is 0.522. The largest absolute Gasteiger partial charge is 1.00 e. The highest BCUT2D eigenvalue weighted by Gasteiger charge is 2.25. The average molecular weight is 372 g/mol. The Bertz CT molecular complexity index is 801. The van der Waals surface area contributed by atoms with Gasteiger partial charge in [0.15, 0.2) is 0 Å². The Hall–Kier alpha value is -1.71. The van der Waals surface area contributed by atoms with Crippen molar-refractivity contribution in [3.63, 3.8) is 0 Å². The summed E-state index contributed by atoms with van der Waals surface area (Å²) in [7, 11) is -3.73. The van der Waals surface area contributed by atoms with Gasteiger partial charge in [-0.1, -0.05) is 18.2 Å². The van der Waals surface area contributed by atoms with E-state index in [2.05, 4.69) is 16.2 Å². The summed E-state index contributed by atoms with van der Waals surface area (Å²) in [6.45, 7) is 0. The van der Waals surface area contributed by atoms with Crippen LogP contribution in [0.5, 0.6) is 0 Å². The first-order valence-corrected chi connectivity index (χ1v) is 8.62. The van der Waals surface area contributed by atoms with Crippen LogP contribution >= 0.6 is 0 Å². The maximum Gasteiger partial charge on any atom is 0.238 e. The van der Waals surface area contributed by atoms with Crippen molar-refractivity contribution in [3.8, 4) is 0 Å². The van der Waals surface area contributed by atoms with Gasteiger partial charge in [-0.3, -0.25) is 0 Å². The van der Waals surface area contributed by atoms with E-state index in [0.29, 0.717) is 12.1 Å². The Labute approximate surface area is 146 Å². The van der Waals surface area contributed by atoms with E-state index in [1.807, 2.05) is 0 Å². The van der Waals surface area contributed by atoms with Crippen LogP contribution in [-0.2, 0) is 10.0 Å². The molecule has 0 aromatic heterocycles. The van der Waals surface area contributed by atoms with Crippen LogP contribution < -0.4 is 33.7 Å². The second kappa shape index (κ2) is 7.45. The second-order valence-electron chi connectivity index (χ2n) is 5.40. The molecule has 2 unspecified atom stereocenters. The van der Waals surface area contributed by atoms with Crippen LogP contribution in [0.4, 0.5) is 10.1 Å². The molecule has 130 valence electrons. The first-order chi connectivity index (χ1) is 10.9. The van der Waals surface area contributed by atoms with Crippen molar-refractivity contribution < 1.29 is 25.2 Å².